The van der Waals surface area contributed by atoms with E-state index in [4.69, 9.17) is 9.47 Å². The number of hydrogen-bond acceptors (Lipinski definition) is 3. The molecule has 3 heterocycles. The Bertz CT molecular complexity index is 1000. The monoisotopic (exact) mass is 430 g/mol. The predicted molar refractivity (Wildman–Crippen MR) is 111 cm³/mol. The van der Waals surface area contributed by atoms with Gasteiger partial charge in [-0.15, -0.1) is 0 Å². The van der Waals surface area contributed by atoms with E-state index in [-0.39, 0.29) is 5.91 Å². The largest absolute Gasteiger partial charge is 0.347 e. The van der Waals surface area contributed by atoms with Crippen LogP contribution in [0.4, 0.5) is 8.78 Å². The molecule has 0 bridgehead atoms. The van der Waals surface area contributed by atoms with E-state index in [2.05, 4.69) is 0 Å². The van der Waals surface area contributed by atoms with E-state index in [9.17, 15) is 13.6 Å². The summed E-state index contributed by atoms with van der Waals surface area (Å²) in [6.45, 7) is 4.76. The number of amides is 1. The molecule has 5 rings (SSSR count). The maximum Gasteiger partial charge on any atom is 0.270 e. The van der Waals surface area contributed by atoms with Gasteiger partial charge in [-0.1, -0.05) is 6.07 Å². The van der Waals surface area contributed by atoms with E-state index in [1.54, 1.807) is 6.07 Å². The second-order valence-corrected chi connectivity index (χ2v) is 8.84. The van der Waals surface area contributed by atoms with Gasteiger partial charge in [0.2, 0.25) is 0 Å². The highest BCUT2D eigenvalue weighted by Gasteiger charge is 2.41. The fourth-order valence-electron chi connectivity index (χ4n) is 5.33. The van der Waals surface area contributed by atoms with Crippen molar-refractivity contribution < 1.29 is 23.0 Å². The molecule has 2 fully saturated rings. The van der Waals surface area contributed by atoms with Crippen molar-refractivity contribution in [2.45, 2.75) is 57.8 Å². The molecule has 1 spiro atoms. The minimum absolute atomic E-state index is 0.00216. The third-order valence-corrected chi connectivity index (χ3v) is 7.00. The van der Waals surface area contributed by atoms with Gasteiger partial charge in [0.1, 0.15) is 5.69 Å². The van der Waals surface area contributed by atoms with Crippen LogP contribution in [0.15, 0.2) is 18.2 Å². The summed E-state index contributed by atoms with van der Waals surface area (Å²) < 4.78 is 40.9. The van der Waals surface area contributed by atoms with Crippen LogP contribution in [0, 0.1) is 18.6 Å². The molecule has 3 aliphatic rings. The van der Waals surface area contributed by atoms with Crippen LogP contribution in [-0.4, -0.2) is 47.5 Å². The van der Waals surface area contributed by atoms with Gasteiger partial charge in [-0.05, 0) is 61.4 Å². The highest BCUT2D eigenvalue weighted by Crippen LogP contribution is 2.34. The Morgan fingerprint density at radius 3 is 2.48 bits per heavy atom. The molecule has 0 unspecified atom stereocenters. The summed E-state index contributed by atoms with van der Waals surface area (Å²) in [6, 6.07) is 3.98. The Hall–Kier alpha value is -2.25. The molecule has 0 N–H and O–H groups in total. The third-order valence-electron chi connectivity index (χ3n) is 7.00. The van der Waals surface area contributed by atoms with Gasteiger partial charge in [-0.2, -0.15) is 0 Å². The number of carbonyl (C=O) groups excluding carboxylic acids is 1. The molecule has 2 saturated heterocycles. The van der Waals surface area contributed by atoms with Gasteiger partial charge in [-0.3, -0.25) is 4.79 Å². The maximum atomic E-state index is 13.8. The molecule has 5 nitrogen and oxygen atoms in total. The molecule has 0 saturated carbocycles. The molecule has 1 aromatic carbocycles. The van der Waals surface area contributed by atoms with Crippen LogP contribution in [0.3, 0.4) is 0 Å². The summed E-state index contributed by atoms with van der Waals surface area (Å²) in [4.78, 5) is 15.5. The number of ether oxygens (including phenoxy) is 2. The van der Waals surface area contributed by atoms with Gasteiger partial charge in [0.05, 0.1) is 13.2 Å². The molecule has 2 aromatic rings. The van der Waals surface area contributed by atoms with Crippen molar-refractivity contribution in [1.82, 2.24) is 9.47 Å². The fraction of sp³-hybridized carbons (Fsp3) is 0.542. The molecule has 1 amide bonds. The second kappa shape index (κ2) is 8.02. The van der Waals surface area contributed by atoms with E-state index in [1.807, 2.05) is 16.4 Å². The summed E-state index contributed by atoms with van der Waals surface area (Å²) in [6.07, 6.45) is 5.37. The van der Waals surface area contributed by atoms with Gasteiger partial charge in [0.25, 0.3) is 5.91 Å². The third kappa shape index (κ3) is 3.68. The molecule has 0 atom stereocenters. The smallest absolute Gasteiger partial charge is 0.270 e. The number of benzene rings is 1. The quantitative estimate of drug-likeness (QED) is 0.740. The van der Waals surface area contributed by atoms with E-state index in [1.165, 1.54) is 11.6 Å². The van der Waals surface area contributed by atoms with E-state index < -0.39 is 17.4 Å². The molecule has 1 aromatic heterocycles. The van der Waals surface area contributed by atoms with Crippen LogP contribution in [0.25, 0.3) is 0 Å². The standard InChI is InChI=1S/C24H28F2N2O3/c1-16-18-4-2-3-5-21(18)28(15-17-6-7-19(25)20(26)14-17)22(16)23(29)27-10-8-24(9-11-27)30-12-13-31-24/h6-7,14H,2-5,8-13,15H2,1H3. The van der Waals surface area contributed by atoms with Crippen LogP contribution in [0.1, 0.15) is 58.6 Å². The van der Waals surface area contributed by atoms with Crippen LogP contribution < -0.4 is 0 Å². The lowest BCUT2D eigenvalue weighted by molar-refractivity contribution is -0.181. The first-order chi connectivity index (χ1) is 15.0. The Morgan fingerprint density at radius 1 is 1.06 bits per heavy atom. The summed E-state index contributed by atoms with van der Waals surface area (Å²) in [7, 11) is 0. The topological polar surface area (TPSA) is 43.7 Å². The van der Waals surface area contributed by atoms with Crippen molar-refractivity contribution in [2.75, 3.05) is 26.3 Å². The van der Waals surface area contributed by atoms with Crippen LogP contribution >= 0.6 is 0 Å². The summed E-state index contributed by atoms with van der Waals surface area (Å²) in [5.74, 6) is -2.24. The van der Waals surface area contributed by atoms with Crippen molar-refractivity contribution in [3.63, 3.8) is 0 Å². The summed E-state index contributed by atoms with van der Waals surface area (Å²) in [5, 5.41) is 0. The predicted octanol–water partition coefficient (Wildman–Crippen LogP) is 3.98. The first-order valence-corrected chi connectivity index (χ1v) is 11.2. The SMILES string of the molecule is Cc1c2c(n(Cc3ccc(F)c(F)c3)c1C(=O)N1CCC3(CC1)OCCO3)CCCC2. The van der Waals surface area contributed by atoms with Crippen molar-refractivity contribution in [2.24, 2.45) is 0 Å². The van der Waals surface area contributed by atoms with Crippen molar-refractivity contribution in [3.8, 4) is 0 Å². The van der Waals surface area contributed by atoms with Crippen LogP contribution in [0.5, 0.6) is 0 Å². The number of likely N-dealkylation sites (tertiary alicyclic amines) is 1. The average Bonchev–Trinajstić information content (AvgIpc) is 3.34. The van der Waals surface area contributed by atoms with Crippen molar-refractivity contribution in [3.05, 3.63) is 57.9 Å². The average molecular weight is 430 g/mol. The molecular formula is C24H28F2N2O3. The lowest BCUT2D eigenvalue weighted by Gasteiger charge is -2.37. The molecule has 0 radical (unpaired) electrons. The van der Waals surface area contributed by atoms with Crippen molar-refractivity contribution in [1.29, 1.82) is 0 Å². The highest BCUT2D eigenvalue weighted by molar-refractivity contribution is 5.95. The van der Waals surface area contributed by atoms with Gasteiger partial charge in [-0.25, -0.2) is 8.78 Å². The molecule has 2 aliphatic heterocycles. The first kappa shape index (κ1) is 20.6. The highest BCUT2D eigenvalue weighted by atomic mass is 19.2. The lowest BCUT2D eigenvalue weighted by Crippen LogP contribution is -2.47. The van der Waals surface area contributed by atoms with E-state index in [0.29, 0.717) is 56.9 Å². The Labute approximate surface area is 180 Å². The summed E-state index contributed by atoms with van der Waals surface area (Å²) in [5.41, 5.74) is 4.76. The van der Waals surface area contributed by atoms with Crippen LogP contribution in [0.2, 0.25) is 0 Å². The second-order valence-electron chi connectivity index (χ2n) is 8.84. The molecule has 7 heteroatoms. The minimum Gasteiger partial charge on any atom is -0.347 e. The van der Waals surface area contributed by atoms with Crippen molar-refractivity contribution >= 4 is 5.91 Å². The number of piperidine rings is 1. The zero-order valence-corrected chi connectivity index (χ0v) is 17.9. The Balaban J connectivity index is 1.46. The number of fused-ring (bicyclic) bond motifs is 1. The zero-order valence-electron chi connectivity index (χ0n) is 17.9. The number of hydrogen-bond donors (Lipinski definition) is 0. The van der Waals surface area contributed by atoms with Crippen LogP contribution in [-0.2, 0) is 28.9 Å². The van der Waals surface area contributed by atoms with Gasteiger partial charge in [0.15, 0.2) is 17.4 Å². The summed E-state index contributed by atoms with van der Waals surface area (Å²) >= 11 is 0. The lowest BCUT2D eigenvalue weighted by atomic mass is 9.95. The molecular weight excluding hydrogens is 402 g/mol. The minimum atomic E-state index is -0.860. The van der Waals surface area contributed by atoms with Gasteiger partial charge in [0, 0.05) is 38.2 Å². The first-order valence-electron chi connectivity index (χ1n) is 11.2. The van der Waals surface area contributed by atoms with Gasteiger partial charge < -0.3 is 18.9 Å². The molecule has 166 valence electrons. The Morgan fingerprint density at radius 2 is 1.77 bits per heavy atom. The normalized spacial score (nSPS) is 20.3. The Kier molecular flexibility index (Phi) is 5.34. The maximum absolute atomic E-state index is 13.8. The number of nitrogens with zero attached hydrogens (tertiary/aromatic N) is 2. The van der Waals surface area contributed by atoms with E-state index in [0.717, 1.165) is 43.0 Å². The fourth-order valence-corrected chi connectivity index (χ4v) is 5.33. The van der Waals surface area contributed by atoms with Gasteiger partial charge >= 0.3 is 0 Å². The molecule has 1 aliphatic carbocycles. The number of carbonyl (C=O) groups is 1. The number of halogens is 2. The van der Waals surface area contributed by atoms with E-state index >= 15 is 0 Å². The number of aromatic nitrogens is 1. The molecule has 31 heavy (non-hydrogen) atoms. The number of rotatable bonds is 3. The zero-order chi connectivity index (χ0) is 21.6.